The van der Waals surface area contributed by atoms with Crippen LogP contribution in [0, 0.1) is 11.7 Å². The first kappa shape index (κ1) is 23.2. The number of sulfonamides is 1. The summed E-state index contributed by atoms with van der Waals surface area (Å²) in [5.74, 6) is -0.0704. The molecule has 2 aliphatic heterocycles. The predicted octanol–water partition coefficient (Wildman–Crippen LogP) is 3.84. The largest absolute Gasteiger partial charge is 0.325 e. The second-order valence-corrected chi connectivity index (χ2v) is 11.8. The van der Waals surface area contributed by atoms with Crippen LogP contribution in [-0.4, -0.2) is 44.1 Å². The van der Waals surface area contributed by atoms with E-state index in [-0.39, 0.29) is 27.8 Å². The lowest BCUT2D eigenvalue weighted by atomic mass is 9.97. The first-order chi connectivity index (χ1) is 15.3. The highest BCUT2D eigenvalue weighted by molar-refractivity contribution is 8.00. The van der Waals surface area contributed by atoms with Gasteiger partial charge in [-0.25, -0.2) is 17.5 Å². The molecule has 1 saturated heterocycles. The van der Waals surface area contributed by atoms with E-state index < -0.39 is 10.0 Å². The highest BCUT2D eigenvalue weighted by Gasteiger charge is 2.24. The molecule has 0 spiro atoms. The highest BCUT2D eigenvalue weighted by atomic mass is 32.2. The van der Waals surface area contributed by atoms with E-state index in [9.17, 15) is 17.6 Å². The number of nitrogens with zero attached hydrogens (tertiary/aromatic N) is 1. The molecule has 1 amide bonds. The Kier molecular flexibility index (Phi) is 7.19. The van der Waals surface area contributed by atoms with Gasteiger partial charge in [0.2, 0.25) is 15.9 Å². The molecule has 2 aromatic carbocycles. The van der Waals surface area contributed by atoms with Gasteiger partial charge >= 0.3 is 0 Å². The molecule has 2 aromatic rings. The number of likely N-dealkylation sites (tertiary alicyclic amines) is 1. The number of anilines is 1. The molecule has 1 unspecified atom stereocenters. The molecule has 0 aliphatic carbocycles. The predicted molar refractivity (Wildman–Crippen MR) is 125 cm³/mol. The maximum Gasteiger partial charge on any atom is 0.240 e. The number of benzene rings is 2. The van der Waals surface area contributed by atoms with E-state index in [0.29, 0.717) is 25.2 Å². The number of fused-ring (bicyclic) bond motifs is 1. The zero-order chi connectivity index (χ0) is 22.7. The van der Waals surface area contributed by atoms with Gasteiger partial charge in [0.05, 0.1) is 10.6 Å². The van der Waals surface area contributed by atoms with E-state index in [4.69, 9.17) is 0 Å². The SMILES string of the molecule is CC1CC(=O)Nc2cc(S(=O)(=O)NCC3CCN(Cc4cccc(F)c4)CC3)ccc2S1. The molecule has 2 N–H and O–H groups in total. The zero-order valence-corrected chi connectivity index (χ0v) is 19.6. The molecule has 0 aromatic heterocycles. The zero-order valence-electron chi connectivity index (χ0n) is 18.0. The number of hydrogen-bond acceptors (Lipinski definition) is 5. The van der Waals surface area contributed by atoms with E-state index in [0.717, 1.165) is 36.4 Å². The average Bonchev–Trinajstić information content (AvgIpc) is 2.89. The van der Waals surface area contributed by atoms with Crippen LogP contribution in [-0.2, 0) is 21.4 Å². The Morgan fingerprint density at radius 3 is 2.72 bits per heavy atom. The normalized spacial score (nSPS) is 20.4. The summed E-state index contributed by atoms with van der Waals surface area (Å²) in [5, 5.41) is 2.96. The fraction of sp³-hybridized carbons (Fsp3) is 0.435. The van der Waals surface area contributed by atoms with E-state index in [1.165, 1.54) is 6.07 Å². The number of amides is 1. The molecule has 2 aliphatic rings. The number of rotatable bonds is 6. The second-order valence-electron chi connectivity index (χ2n) is 8.54. The molecule has 32 heavy (non-hydrogen) atoms. The Morgan fingerprint density at radius 1 is 1.19 bits per heavy atom. The first-order valence-corrected chi connectivity index (χ1v) is 13.2. The first-order valence-electron chi connectivity index (χ1n) is 10.9. The third kappa shape index (κ3) is 5.89. The van der Waals surface area contributed by atoms with Crippen molar-refractivity contribution in [3.8, 4) is 0 Å². The highest BCUT2D eigenvalue weighted by Crippen LogP contribution is 2.36. The van der Waals surface area contributed by atoms with Gasteiger partial charge in [-0.2, -0.15) is 0 Å². The number of carbonyl (C=O) groups is 1. The van der Waals surface area contributed by atoms with E-state index in [1.54, 1.807) is 42.1 Å². The number of carbonyl (C=O) groups excluding carboxylic acids is 1. The van der Waals surface area contributed by atoms with Crippen LogP contribution in [0.25, 0.3) is 0 Å². The summed E-state index contributed by atoms with van der Waals surface area (Å²) in [6.07, 6.45) is 2.16. The molecule has 0 radical (unpaired) electrons. The third-order valence-corrected chi connectivity index (χ3v) is 8.50. The van der Waals surface area contributed by atoms with Crippen molar-refractivity contribution in [1.29, 1.82) is 0 Å². The molecular weight excluding hydrogens is 449 g/mol. The molecule has 172 valence electrons. The average molecular weight is 478 g/mol. The van der Waals surface area contributed by atoms with Gasteiger partial charge in [0.1, 0.15) is 5.82 Å². The van der Waals surface area contributed by atoms with Gasteiger partial charge in [0, 0.05) is 29.7 Å². The molecule has 9 heteroatoms. The monoisotopic (exact) mass is 477 g/mol. The van der Waals surface area contributed by atoms with Crippen molar-refractivity contribution in [2.24, 2.45) is 5.92 Å². The van der Waals surface area contributed by atoms with Gasteiger partial charge in [-0.15, -0.1) is 11.8 Å². The number of piperidine rings is 1. The summed E-state index contributed by atoms with van der Waals surface area (Å²) in [6.45, 7) is 4.76. The van der Waals surface area contributed by atoms with Crippen LogP contribution in [0.3, 0.4) is 0 Å². The van der Waals surface area contributed by atoms with Crippen molar-refractivity contribution in [2.45, 2.75) is 47.8 Å². The molecule has 6 nitrogen and oxygen atoms in total. The van der Waals surface area contributed by atoms with E-state index in [1.807, 2.05) is 13.0 Å². The Labute approximate surface area is 193 Å². The summed E-state index contributed by atoms with van der Waals surface area (Å²) in [7, 11) is -3.67. The lowest BCUT2D eigenvalue weighted by Gasteiger charge is -2.32. The van der Waals surface area contributed by atoms with Crippen LogP contribution in [0.2, 0.25) is 0 Å². The minimum atomic E-state index is -3.67. The lowest BCUT2D eigenvalue weighted by Crippen LogP contribution is -2.38. The summed E-state index contributed by atoms with van der Waals surface area (Å²) in [4.78, 5) is 15.3. The van der Waals surface area contributed by atoms with Crippen LogP contribution >= 0.6 is 11.8 Å². The maximum atomic E-state index is 13.4. The Morgan fingerprint density at radius 2 is 1.97 bits per heavy atom. The van der Waals surface area contributed by atoms with Gasteiger partial charge in [0.25, 0.3) is 0 Å². The summed E-state index contributed by atoms with van der Waals surface area (Å²) >= 11 is 1.57. The lowest BCUT2D eigenvalue weighted by molar-refractivity contribution is -0.116. The van der Waals surface area contributed by atoms with Gasteiger partial charge in [-0.1, -0.05) is 19.1 Å². The summed E-state index contributed by atoms with van der Waals surface area (Å²) < 4.78 is 41.8. The van der Waals surface area contributed by atoms with Gasteiger partial charge in [0.15, 0.2) is 0 Å². The van der Waals surface area contributed by atoms with Crippen LogP contribution in [0.15, 0.2) is 52.3 Å². The summed E-state index contributed by atoms with van der Waals surface area (Å²) in [6, 6.07) is 11.6. The Balaban J connectivity index is 1.32. The van der Waals surface area contributed by atoms with Crippen molar-refractivity contribution >= 4 is 33.4 Å². The fourth-order valence-electron chi connectivity index (χ4n) is 4.15. The van der Waals surface area contributed by atoms with Crippen LogP contribution in [0.4, 0.5) is 10.1 Å². The van der Waals surface area contributed by atoms with Crippen molar-refractivity contribution < 1.29 is 17.6 Å². The molecule has 1 atom stereocenters. The van der Waals surface area contributed by atoms with E-state index in [2.05, 4.69) is 14.9 Å². The molecule has 4 rings (SSSR count). The number of hydrogen-bond donors (Lipinski definition) is 2. The molecule has 0 saturated carbocycles. The molecule has 2 heterocycles. The standard InChI is InChI=1S/C23H28FN3O3S2/c1-16-11-23(28)26-21-13-20(5-6-22(21)31-16)32(29,30)25-14-17-7-9-27(10-8-17)15-18-3-2-4-19(24)12-18/h2-6,12-13,16-17,25H,7-11,14-15H2,1H3,(H,26,28). The Bertz CT molecular complexity index is 1090. The van der Waals surface area contributed by atoms with Gasteiger partial charge in [-0.05, 0) is 67.7 Å². The minimum Gasteiger partial charge on any atom is -0.325 e. The van der Waals surface area contributed by atoms with Gasteiger partial charge < -0.3 is 5.32 Å². The quantitative estimate of drug-likeness (QED) is 0.661. The molecule has 1 fully saturated rings. The van der Waals surface area contributed by atoms with Crippen LogP contribution < -0.4 is 10.0 Å². The number of halogens is 1. The van der Waals surface area contributed by atoms with Gasteiger partial charge in [-0.3, -0.25) is 9.69 Å². The molecular formula is C23H28FN3O3S2. The van der Waals surface area contributed by atoms with Crippen molar-refractivity contribution in [3.63, 3.8) is 0 Å². The summed E-state index contributed by atoms with van der Waals surface area (Å²) in [5.41, 5.74) is 1.50. The van der Waals surface area contributed by atoms with Crippen LogP contribution in [0.5, 0.6) is 0 Å². The van der Waals surface area contributed by atoms with Crippen molar-refractivity contribution in [1.82, 2.24) is 9.62 Å². The third-order valence-electron chi connectivity index (χ3n) is 5.90. The minimum absolute atomic E-state index is 0.101. The topological polar surface area (TPSA) is 78.5 Å². The smallest absolute Gasteiger partial charge is 0.240 e. The van der Waals surface area contributed by atoms with Crippen molar-refractivity contribution in [3.05, 3.63) is 53.8 Å². The fourth-order valence-corrected chi connectivity index (χ4v) is 6.34. The second kappa shape index (κ2) is 9.91. The van der Waals surface area contributed by atoms with Crippen LogP contribution in [0.1, 0.15) is 31.7 Å². The molecule has 0 bridgehead atoms. The van der Waals surface area contributed by atoms with Crippen molar-refractivity contribution in [2.75, 3.05) is 25.0 Å². The number of thioether (sulfide) groups is 1. The van der Waals surface area contributed by atoms with E-state index >= 15 is 0 Å². The number of nitrogens with one attached hydrogen (secondary N) is 2. The Hall–Kier alpha value is -1.94. The maximum absolute atomic E-state index is 13.4.